The normalized spacial score (nSPS) is 20.4. The molecular formula is C15H20F3N3. The van der Waals surface area contributed by atoms with Crippen LogP contribution in [0.15, 0.2) is 18.2 Å². The summed E-state index contributed by atoms with van der Waals surface area (Å²) < 4.78 is 37.3. The van der Waals surface area contributed by atoms with E-state index in [0.29, 0.717) is 26.2 Å². The van der Waals surface area contributed by atoms with Gasteiger partial charge >= 0.3 is 6.18 Å². The van der Waals surface area contributed by atoms with E-state index in [2.05, 4.69) is 22.3 Å². The third-order valence-corrected chi connectivity index (χ3v) is 4.23. The first-order valence-corrected chi connectivity index (χ1v) is 7.38. The smallest absolute Gasteiger partial charge is 0.369 e. The highest BCUT2D eigenvalue weighted by molar-refractivity contribution is 5.58. The molecule has 1 saturated heterocycles. The summed E-state index contributed by atoms with van der Waals surface area (Å²) in [6.07, 6.45) is -3.10. The van der Waals surface area contributed by atoms with Gasteiger partial charge in [0.15, 0.2) is 0 Å². The van der Waals surface area contributed by atoms with Gasteiger partial charge in [-0.05, 0) is 30.2 Å². The van der Waals surface area contributed by atoms with E-state index < -0.39 is 12.7 Å². The molecule has 0 amide bonds. The molecule has 1 fully saturated rings. The van der Waals surface area contributed by atoms with Crippen molar-refractivity contribution in [1.82, 2.24) is 10.2 Å². The van der Waals surface area contributed by atoms with Crippen molar-refractivity contribution in [1.29, 1.82) is 0 Å². The zero-order chi connectivity index (χ0) is 14.9. The lowest BCUT2D eigenvalue weighted by Gasteiger charge is -2.38. The molecule has 6 heteroatoms. The van der Waals surface area contributed by atoms with Crippen molar-refractivity contribution in [3.8, 4) is 0 Å². The lowest BCUT2D eigenvalue weighted by Crippen LogP contribution is -2.49. The van der Waals surface area contributed by atoms with E-state index in [4.69, 9.17) is 0 Å². The van der Waals surface area contributed by atoms with Gasteiger partial charge in [0, 0.05) is 38.4 Å². The number of rotatable bonds is 2. The molecule has 2 aliphatic heterocycles. The summed E-state index contributed by atoms with van der Waals surface area (Å²) in [6, 6.07) is 6.28. The predicted molar refractivity (Wildman–Crippen MR) is 76.6 cm³/mol. The molecule has 1 N–H and O–H groups in total. The van der Waals surface area contributed by atoms with Gasteiger partial charge < -0.3 is 10.2 Å². The Morgan fingerprint density at radius 1 is 1.10 bits per heavy atom. The summed E-state index contributed by atoms with van der Waals surface area (Å²) in [5, 5.41) is 3.35. The Labute approximate surface area is 122 Å². The molecule has 0 saturated carbocycles. The molecule has 0 bridgehead atoms. The highest BCUT2D eigenvalue weighted by atomic mass is 19.4. The molecule has 1 aromatic carbocycles. The van der Waals surface area contributed by atoms with Crippen LogP contribution in [0.3, 0.4) is 0 Å². The number of piperazine rings is 1. The Bertz CT molecular complexity index is 493. The molecule has 2 heterocycles. The number of anilines is 1. The molecule has 21 heavy (non-hydrogen) atoms. The van der Waals surface area contributed by atoms with Crippen molar-refractivity contribution in [2.24, 2.45) is 0 Å². The van der Waals surface area contributed by atoms with Crippen molar-refractivity contribution < 1.29 is 13.2 Å². The molecule has 0 aliphatic carbocycles. The van der Waals surface area contributed by atoms with E-state index in [1.165, 1.54) is 21.7 Å². The summed E-state index contributed by atoms with van der Waals surface area (Å²) in [4.78, 5) is 3.73. The maximum absolute atomic E-state index is 12.4. The molecule has 0 atom stereocenters. The molecule has 1 aromatic rings. The van der Waals surface area contributed by atoms with E-state index in [9.17, 15) is 13.2 Å². The highest BCUT2D eigenvalue weighted by Crippen LogP contribution is 2.28. The monoisotopic (exact) mass is 299 g/mol. The van der Waals surface area contributed by atoms with Crippen LogP contribution >= 0.6 is 0 Å². The maximum Gasteiger partial charge on any atom is 0.401 e. The Morgan fingerprint density at radius 2 is 1.86 bits per heavy atom. The average molecular weight is 299 g/mol. The van der Waals surface area contributed by atoms with Gasteiger partial charge in [0.2, 0.25) is 0 Å². The molecule has 2 aliphatic rings. The third-order valence-electron chi connectivity index (χ3n) is 4.23. The molecule has 116 valence electrons. The maximum atomic E-state index is 12.4. The van der Waals surface area contributed by atoms with Crippen LogP contribution in [0.4, 0.5) is 18.9 Å². The van der Waals surface area contributed by atoms with Crippen molar-refractivity contribution in [3.05, 3.63) is 29.3 Å². The summed E-state index contributed by atoms with van der Waals surface area (Å²) in [7, 11) is 0. The van der Waals surface area contributed by atoms with Crippen LogP contribution in [0.1, 0.15) is 11.1 Å². The first kappa shape index (κ1) is 14.7. The lowest BCUT2D eigenvalue weighted by atomic mass is 9.98. The minimum atomic E-state index is -4.10. The zero-order valence-corrected chi connectivity index (χ0v) is 11.9. The van der Waals surface area contributed by atoms with Gasteiger partial charge in [-0.2, -0.15) is 13.2 Å². The SMILES string of the molecule is FC(F)(F)CN1CCN(c2cccc3c2CCNC3)CC1. The summed E-state index contributed by atoms with van der Waals surface area (Å²) in [5.41, 5.74) is 3.89. The minimum Gasteiger partial charge on any atom is -0.369 e. The number of hydrogen-bond donors (Lipinski definition) is 1. The van der Waals surface area contributed by atoms with Crippen molar-refractivity contribution in [3.63, 3.8) is 0 Å². The van der Waals surface area contributed by atoms with Crippen LogP contribution in [0, 0.1) is 0 Å². The topological polar surface area (TPSA) is 18.5 Å². The number of alkyl halides is 3. The van der Waals surface area contributed by atoms with Crippen LogP contribution in [0.2, 0.25) is 0 Å². The molecule has 0 aromatic heterocycles. The fourth-order valence-corrected chi connectivity index (χ4v) is 3.21. The van der Waals surface area contributed by atoms with Crippen LogP contribution in [0.25, 0.3) is 0 Å². The fraction of sp³-hybridized carbons (Fsp3) is 0.600. The number of benzene rings is 1. The number of hydrogen-bond acceptors (Lipinski definition) is 3. The second-order valence-electron chi connectivity index (χ2n) is 5.72. The first-order valence-electron chi connectivity index (χ1n) is 7.38. The van der Waals surface area contributed by atoms with Crippen molar-refractivity contribution in [2.45, 2.75) is 19.1 Å². The first-order chi connectivity index (χ1) is 10.0. The average Bonchev–Trinajstić information content (AvgIpc) is 2.46. The third kappa shape index (κ3) is 3.49. The minimum absolute atomic E-state index is 0.474. The Kier molecular flexibility index (Phi) is 4.08. The zero-order valence-electron chi connectivity index (χ0n) is 11.9. The van der Waals surface area contributed by atoms with Gasteiger partial charge in [-0.15, -0.1) is 0 Å². The largest absolute Gasteiger partial charge is 0.401 e. The molecule has 0 radical (unpaired) electrons. The van der Waals surface area contributed by atoms with Crippen LogP contribution in [-0.2, 0) is 13.0 Å². The summed E-state index contributed by atoms with van der Waals surface area (Å²) in [6.45, 7) is 3.34. The quantitative estimate of drug-likeness (QED) is 0.901. The van der Waals surface area contributed by atoms with Gasteiger partial charge in [-0.1, -0.05) is 12.1 Å². The summed E-state index contributed by atoms with van der Waals surface area (Å²) in [5.74, 6) is 0. The fourth-order valence-electron chi connectivity index (χ4n) is 3.21. The second kappa shape index (κ2) is 5.85. The Morgan fingerprint density at radius 3 is 2.57 bits per heavy atom. The van der Waals surface area contributed by atoms with Gasteiger partial charge in [0.25, 0.3) is 0 Å². The van der Waals surface area contributed by atoms with Gasteiger partial charge in [0.05, 0.1) is 6.54 Å². The Balaban J connectivity index is 1.67. The number of nitrogens with one attached hydrogen (secondary N) is 1. The van der Waals surface area contributed by atoms with Crippen LogP contribution in [0.5, 0.6) is 0 Å². The van der Waals surface area contributed by atoms with Crippen molar-refractivity contribution >= 4 is 5.69 Å². The predicted octanol–water partition coefficient (Wildman–Crippen LogP) is 2.02. The lowest BCUT2D eigenvalue weighted by molar-refractivity contribution is -0.146. The van der Waals surface area contributed by atoms with Gasteiger partial charge in [-0.3, -0.25) is 4.90 Å². The molecule has 0 spiro atoms. The van der Waals surface area contributed by atoms with E-state index in [1.54, 1.807) is 0 Å². The number of nitrogens with zero attached hydrogens (tertiary/aromatic N) is 2. The number of halogens is 3. The van der Waals surface area contributed by atoms with E-state index in [0.717, 1.165) is 19.5 Å². The highest BCUT2D eigenvalue weighted by Gasteiger charge is 2.32. The van der Waals surface area contributed by atoms with Crippen LogP contribution in [-0.4, -0.2) is 50.3 Å². The van der Waals surface area contributed by atoms with E-state index in [-0.39, 0.29) is 0 Å². The van der Waals surface area contributed by atoms with E-state index >= 15 is 0 Å². The standard InChI is InChI=1S/C15H20F3N3/c16-15(17,18)11-20-6-8-21(9-7-20)14-3-1-2-12-10-19-5-4-13(12)14/h1-3,19H,4-11H2. The van der Waals surface area contributed by atoms with Gasteiger partial charge in [-0.25, -0.2) is 0 Å². The molecular weight excluding hydrogens is 279 g/mol. The summed E-state index contributed by atoms with van der Waals surface area (Å²) >= 11 is 0. The molecule has 3 nitrogen and oxygen atoms in total. The van der Waals surface area contributed by atoms with Crippen molar-refractivity contribution in [2.75, 3.05) is 44.2 Å². The van der Waals surface area contributed by atoms with Gasteiger partial charge in [0.1, 0.15) is 0 Å². The molecule has 3 rings (SSSR count). The Hall–Kier alpha value is -1.27. The number of fused-ring (bicyclic) bond motifs is 1. The van der Waals surface area contributed by atoms with Crippen LogP contribution < -0.4 is 10.2 Å². The van der Waals surface area contributed by atoms with E-state index in [1.807, 2.05) is 6.07 Å². The molecule has 0 unspecified atom stereocenters. The second-order valence-corrected chi connectivity index (χ2v) is 5.72.